The molecule has 1 aliphatic rings. The van der Waals surface area contributed by atoms with Gasteiger partial charge in [-0.25, -0.2) is 0 Å². The molecule has 1 fully saturated rings. The van der Waals surface area contributed by atoms with E-state index in [2.05, 4.69) is 32.6 Å². The van der Waals surface area contributed by atoms with E-state index in [1.807, 2.05) is 0 Å². The van der Waals surface area contributed by atoms with E-state index in [4.69, 9.17) is 0 Å². The van der Waals surface area contributed by atoms with Gasteiger partial charge in [-0.2, -0.15) is 0 Å². The molecule has 0 aromatic heterocycles. The number of β-amino-alcohol motifs (C(OH)–C–C–N with tert-alkyl or cyclic N) is 1. The number of hydrogen-bond acceptors (Lipinski definition) is 2. The fourth-order valence-corrected chi connectivity index (χ4v) is 2.51. The lowest BCUT2D eigenvalue weighted by Crippen LogP contribution is -2.35. The molecule has 1 aliphatic heterocycles. The molecule has 0 amide bonds. The van der Waals surface area contributed by atoms with Gasteiger partial charge in [0.05, 0.1) is 6.10 Å². The SMILES string of the molecule is CC(C)C(O)CN1CCCC(C(C)C)CC1. The molecule has 96 valence electrons. The minimum absolute atomic E-state index is 0.157. The molecule has 0 radical (unpaired) electrons. The minimum atomic E-state index is -0.157. The van der Waals surface area contributed by atoms with Crippen LogP contribution in [0.15, 0.2) is 0 Å². The first kappa shape index (κ1) is 14.0. The summed E-state index contributed by atoms with van der Waals surface area (Å²) in [5.74, 6) is 2.08. The molecule has 0 aromatic carbocycles. The zero-order valence-corrected chi connectivity index (χ0v) is 11.4. The molecule has 2 nitrogen and oxygen atoms in total. The topological polar surface area (TPSA) is 23.5 Å². The largest absolute Gasteiger partial charge is 0.392 e. The van der Waals surface area contributed by atoms with Gasteiger partial charge < -0.3 is 10.0 Å². The Morgan fingerprint density at radius 1 is 1.12 bits per heavy atom. The fourth-order valence-electron chi connectivity index (χ4n) is 2.51. The summed E-state index contributed by atoms with van der Waals surface area (Å²) in [7, 11) is 0. The van der Waals surface area contributed by atoms with Crippen molar-refractivity contribution < 1.29 is 5.11 Å². The summed E-state index contributed by atoms with van der Waals surface area (Å²) < 4.78 is 0. The number of hydrogen-bond donors (Lipinski definition) is 1. The molecule has 2 heteroatoms. The highest BCUT2D eigenvalue weighted by Crippen LogP contribution is 2.24. The predicted octanol–water partition coefficient (Wildman–Crippen LogP) is 2.76. The van der Waals surface area contributed by atoms with E-state index in [-0.39, 0.29) is 6.10 Å². The molecule has 1 rings (SSSR count). The van der Waals surface area contributed by atoms with E-state index in [0.29, 0.717) is 5.92 Å². The number of aliphatic hydroxyl groups excluding tert-OH is 1. The third-order valence-electron chi connectivity index (χ3n) is 4.02. The molecule has 0 aliphatic carbocycles. The predicted molar refractivity (Wildman–Crippen MR) is 69.5 cm³/mol. The summed E-state index contributed by atoms with van der Waals surface area (Å²) in [5, 5.41) is 9.90. The normalized spacial score (nSPS) is 26.1. The van der Waals surface area contributed by atoms with Crippen LogP contribution < -0.4 is 0 Å². The first-order valence-corrected chi connectivity index (χ1v) is 6.91. The van der Waals surface area contributed by atoms with Crippen molar-refractivity contribution in [1.82, 2.24) is 4.90 Å². The Morgan fingerprint density at radius 2 is 1.81 bits per heavy atom. The Bertz CT molecular complexity index is 191. The smallest absolute Gasteiger partial charge is 0.0689 e. The first-order chi connectivity index (χ1) is 7.50. The third kappa shape index (κ3) is 4.42. The fraction of sp³-hybridized carbons (Fsp3) is 1.00. The standard InChI is InChI=1S/C14H29NO/c1-11(2)13-6-5-8-15(9-7-13)10-14(16)12(3)4/h11-14,16H,5-10H2,1-4H3. The zero-order valence-electron chi connectivity index (χ0n) is 11.4. The molecule has 16 heavy (non-hydrogen) atoms. The Morgan fingerprint density at radius 3 is 2.38 bits per heavy atom. The van der Waals surface area contributed by atoms with Crippen molar-refractivity contribution in [2.75, 3.05) is 19.6 Å². The second-order valence-electron chi connectivity index (χ2n) is 6.05. The average molecular weight is 227 g/mol. The Kier molecular flexibility index (Phi) is 5.77. The van der Waals surface area contributed by atoms with Crippen LogP contribution in [0.25, 0.3) is 0 Å². The minimum Gasteiger partial charge on any atom is -0.392 e. The van der Waals surface area contributed by atoms with Gasteiger partial charge in [-0.15, -0.1) is 0 Å². The van der Waals surface area contributed by atoms with Crippen molar-refractivity contribution >= 4 is 0 Å². The van der Waals surface area contributed by atoms with Gasteiger partial charge in [0.2, 0.25) is 0 Å². The molecule has 0 saturated carbocycles. The highest BCUT2D eigenvalue weighted by Gasteiger charge is 2.21. The number of aliphatic hydroxyl groups is 1. The molecule has 2 unspecified atom stereocenters. The maximum absolute atomic E-state index is 9.90. The van der Waals surface area contributed by atoms with Crippen LogP contribution >= 0.6 is 0 Å². The van der Waals surface area contributed by atoms with Gasteiger partial charge in [-0.1, -0.05) is 27.7 Å². The molecule has 0 spiro atoms. The van der Waals surface area contributed by atoms with E-state index in [1.54, 1.807) is 0 Å². The number of likely N-dealkylation sites (tertiary alicyclic amines) is 1. The highest BCUT2D eigenvalue weighted by atomic mass is 16.3. The van der Waals surface area contributed by atoms with Gasteiger partial charge >= 0.3 is 0 Å². The summed E-state index contributed by atoms with van der Waals surface area (Å²) in [6, 6.07) is 0. The van der Waals surface area contributed by atoms with Gasteiger partial charge in [0.15, 0.2) is 0 Å². The Hall–Kier alpha value is -0.0800. The van der Waals surface area contributed by atoms with Crippen molar-refractivity contribution in [2.45, 2.75) is 53.1 Å². The maximum atomic E-state index is 9.90. The van der Waals surface area contributed by atoms with Gasteiger partial charge in [0.25, 0.3) is 0 Å². The summed E-state index contributed by atoms with van der Waals surface area (Å²) in [6.07, 6.45) is 3.82. The summed E-state index contributed by atoms with van der Waals surface area (Å²) in [4.78, 5) is 2.45. The monoisotopic (exact) mass is 227 g/mol. The van der Waals surface area contributed by atoms with E-state index in [9.17, 15) is 5.11 Å². The van der Waals surface area contributed by atoms with Crippen LogP contribution in [0.5, 0.6) is 0 Å². The zero-order chi connectivity index (χ0) is 12.1. The Balaban J connectivity index is 2.35. The average Bonchev–Trinajstić information content (AvgIpc) is 2.43. The third-order valence-corrected chi connectivity index (χ3v) is 4.02. The molecular weight excluding hydrogens is 198 g/mol. The van der Waals surface area contributed by atoms with E-state index in [1.165, 1.54) is 32.4 Å². The summed E-state index contributed by atoms with van der Waals surface area (Å²) in [6.45, 7) is 12.1. The molecule has 2 atom stereocenters. The number of rotatable bonds is 4. The van der Waals surface area contributed by atoms with Gasteiger partial charge in [0.1, 0.15) is 0 Å². The maximum Gasteiger partial charge on any atom is 0.0689 e. The van der Waals surface area contributed by atoms with Crippen LogP contribution in [0.1, 0.15) is 47.0 Å². The van der Waals surface area contributed by atoms with Crippen LogP contribution in [-0.2, 0) is 0 Å². The van der Waals surface area contributed by atoms with E-state index >= 15 is 0 Å². The first-order valence-electron chi connectivity index (χ1n) is 6.91. The lowest BCUT2D eigenvalue weighted by Gasteiger charge is -2.25. The van der Waals surface area contributed by atoms with Crippen molar-refractivity contribution in [3.8, 4) is 0 Å². The molecular formula is C14H29NO. The summed E-state index contributed by atoms with van der Waals surface area (Å²) >= 11 is 0. The van der Waals surface area contributed by atoms with E-state index in [0.717, 1.165) is 18.4 Å². The molecule has 1 heterocycles. The van der Waals surface area contributed by atoms with Gasteiger partial charge in [-0.05, 0) is 50.1 Å². The van der Waals surface area contributed by atoms with E-state index < -0.39 is 0 Å². The molecule has 0 bridgehead atoms. The lowest BCUT2D eigenvalue weighted by atomic mass is 9.89. The molecule has 0 aromatic rings. The Labute approximate surface area is 101 Å². The van der Waals surface area contributed by atoms with Crippen LogP contribution in [0.4, 0.5) is 0 Å². The van der Waals surface area contributed by atoms with Crippen LogP contribution in [-0.4, -0.2) is 35.7 Å². The van der Waals surface area contributed by atoms with Crippen LogP contribution in [0.3, 0.4) is 0 Å². The van der Waals surface area contributed by atoms with Gasteiger partial charge in [0, 0.05) is 6.54 Å². The van der Waals surface area contributed by atoms with Crippen molar-refractivity contribution in [2.24, 2.45) is 17.8 Å². The van der Waals surface area contributed by atoms with Gasteiger partial charge in [-0.3, -0.25) is 0 Å². The molecule has 1 saturated heterocycles. The van der Waals surface area contributed by atoms with Crippen molar-refractivity contribution in [3.63, 3.8) is 0 Å². The highest BCUT2D eigenvalue weighted by molar-refractivity contribution is 4.74. The van der Waals surface area contributed by atoms with Crippen LogP contribution in [0, 0.1) is 17.8 Å². The quantitative estimate of drug-likeness (QED) is 0.798. The lowest BCUT2D eigenvalue weighted by molar-refractivity contribution is 0.0769. The second kappa shape index (κ2) is 6.61. The summed E-state index contributed by atoms with van der Waals surface area (Å²) in [5.41, 5.74) is 0. The van der Waals surface area contributed by atoms with Crippen molar-refractivity contribution in [3.05, 3.63) is 0 Å². The van der Waals surface area contributed by atoms with Crippen molar-refractivity contribution in [1.29, 1.82) is 0 Å². The van der Waals surface area contributed by atoms with Crippen LogP contribution in [0.2, 0.25) is 0 Å². The second-order valence-corrected chi connectivity index (χ2v) is 6.05. The number of nitrogens with zero attached hydrogens (tertiary/aromatic N) is 1. The molecule has 1 N–H and O–H groups in total.